The minimum Gasteiger partial charge on any atom is -0.320 e. The molecule has 1 saturated heterocycles. The number of nitrogens with zero attached hydrogens (tertiary/aromatic N) is 1. The van der Waals surface area contributed by atoms with E-state index in [4.69, 9.17) is 17.3 Å². The maximum absolute atomic E-state index is 6.71. The van der Waals surface area contributed by atoms with Gasteiger partial charge in [0, 0.05) is 11.1 Å². The summed E-state index contributed by atoms with van der Waals surface area (Å²) in [6.07, 6.45) is 3.53. The lowest BCUT2D eigenvalue weighted by Gasteiger charge is -2.40. The fourth-order valence-electron chi connectivity index (χ4n) is 2.96. The molecule has 2 rings (SSSR count). The fraction of sp³-hybridized carbons (Fsp3) is 0.600. The van der Waals surface area contributed by atoms with E-state index < -0.39 is 0 Å². The fourth-order valence-corrected chi connectivity index (χ4v) is 3.08. The molecule has 0 aliphatic carbocycles. The summed E-state index contributed by atoms with van der Waals surface area (Å²) in [7, 11) is 0. The van der Waals surface area contributed by atoms with Crippen LogP contribution in [-0.2, 0) is 5.54 Å². The number of halogens is 1. The lowest BCUT2D eigenvalue weighted by atomic mass is 9.81. The van der Waals surface area contributed by atoms with Crippen LogP contribution in [0.3, 0.4) is 0 Å². The summed E-state index contributed by atoms with van der Waals surface area (Å²) < 4.78 is 0. The van der Waals surface area contributed by atoms with Gasteiger partial charge < -0.3 is 5.73 Å². The number of rotatable bonds is 4. The summed E-state index contributed by atoms with van der Waals surface area (Å²) in [5.41, 5.74) is 7.61. The maximum atomic E-state index is 6.71. The Labute approximate surface area is 115 Å². The molecule has 2 unspecified atom stereocenters. The summed E-state index contributed by atoms with van der Waals surface area (Å²) in [5.74, 6) is 0. The average molecular weight is 267 g/mol. The van der Waals surface area contributed by atoms with Crippen molar-refractivity contribution in [3.63, 3.8) is 0 Å². The topological polar surface area (TPSA) is 29.3 Å². The first kappa shape index (κ1) is 13.9. The van der Waals surface area contributed by atoms with Crippen LogP contribution >= 0.6 is 11.6 Å². The van der Waals surface area contributed by atoms with Crippen molar-refractivity contribution >= 4 is 11.6 Å². The monoisotopic (exact) mass is 266 g/mol. The van der Waals surface area contributed by atoms with Crippen molar-refractivity contribution in [1.29, 1.82) is 0 Å². The third-order valence-corrected chi connectivity index (χ3v) is 4.65. The number of likely N-dealkylation sites (tertiary alicyclic amines) is 1. The van der Waals surface area contributed by atoms with E-state index in [1.54, 1.807) is 0 Å². The van der Waals surface area contributed by atoms with Crippen LogP contribution in [0.15, 0.2) is 24.3 Å². The SMILES string of the molecule is CCC(N)(c1ccc(Cl)cc1)C(C)N1CCCC1. The normalized spacial score (nSPS) is 21.8. The van der Waals surface area contributed by atoms with E-state index in [1.165, 1.54) is 31.5 Å². The molecule has 18 heavy (non-hydrogen) atoms. The predicted octanol–water partition coefficient (Wildman–Crippen LogP) is 3.39. The molecule has 2 N–H and O–H groups in total. The molecule has 1 aliphatic heterocycles. The Morgan fingerprint density at radius 2 is 1.83 bits per heavy atom. The van der Waals surface area contributed by atoms with Crippen molar-refractivity contribution in [2.75, 3.05) is 13.1 Å². The molecule has 3 heteroatoms. The van der Waals surface area contributed by atoms with Gasteiger partial charge in [0.05, 0.1) is 5.54 Å². The molecule has 0 aromatic heterocycles. The second kappa shape index (κ2) is 5.60. The van der Waals surface area contributed by atoms with Gasteiger partial charge in [0.25, 0.3) is 0 Å². The quantitative estimate of drug-likeness (QED) is 0.905. The third-order valence-electron chi connectivity index (χ3n) is 4.40. The molecule has 2 atom stereocenters. The van der Waals surface area contributed by atoms with Crippen molar-refractivity contribution in [2.24, 2.45) is 5.73 Å². The van der Waals surface area contributed by atoms with E-state index >= 15 is 0 Å². The zero-order valence-electron chi connectivity index (χ0n) is 11.3. The van der Waals surface area contributed by atoms with Crippen LogP contribution in [0.5, 0.6) is 0 Å². The second-order valence-corrected chi connectivity index (χ2v) is 5.76. The standard InChI is InChI=1S/C15H23ClN2/c1-3-15(17,12(2)18-10-4-5-11-18)13-6-8-14(16)9-7-13/h6-9,12H,3-5,10-11,17H2,1-2H3. The Bertz CT molecular complexity index is 384. The van der Waals surface area contributed by atoms with Crippen LogP contribution in [0, 0.1) is 0 Å². The van der Waals surface area contributed by atoms with Gasteiger partial charge in [-0.3, -0.25) is 4.90 Å². The van der Waals surface area contributed by atoms with Gasteiger partial charge in [0.2, 0.25) is 0 Å². The minimum atomic E-state index is -0.283. The van der Waals surface area contributed by atoms with Crippen LogP contribution in [0.1, 0.15) is 38.7 Å². The third kappa shape index (κ3) is 2.56. The summed E-state index contributed by atoms with van der Waals surface area (Å²) in [6, 6.07) is 8.37. The highest BCUT2D eigenvalue weighted by Gasteiger charge is 2.36. The average Bonchev–Trinajstić information content (AvgIpc) is 2.91. The number of benzene rings is 1. The first-order chi connectivity index (χ1) is 8.58. The van der Waals surface area contributed by atoms with Crippen molar-refractivity contribution in [2.45, 2.75) is 44.7 Å². The number of hydrogen-bond donors (Lipinski definition) is 1. The van der Waals surface area contributed by atoms with Gasteiger partial charge in [0.1, 0.15) is 0 Å². The summed E-state index contributed by atoms with van der Waals surface area (Å²) in [5, 5.41) is 0.769. The molecule has 1 aromatic carbocycles. The molecule has 1 fully saturated rings. The molecular weight excluding hydrogens is 244 g/mol. The van der Waals surface area contributed by atoms with Gasteiger partial charge in [-0.2, -0.15) is 0 Å². The van der Waals surface area contributed by atoms with Crippen molar-refractivity contribution in [3.05, 3.63) is 34.9 Å². The van der Waals surface area contributed by atoms with E-state index in [0.717, 1.165) is 11.4 Å². The number of hydrogen-bond acceptors (Lipinski definition) is 2. The Balaban J connectivity index is 2.25. The highest BCUT2D eigenvalue weighted by molar-refractivity contribution is 6.30. The van der Waals surface area contributed by atoms with Crippen LogP contribution in [-0.4, -0.2) is 24.0 Å². The minimum absolute atomic E-state index is 0.283. The zero-order chi connectivity index (χ0) is 13.2. The second-order valence-electron chi connectivity index (χ2n) is 5.32. The van der Waals surface area contributed by atoms with Crippen LogP contribution in [0.4, 0.5) is 0 Å². The van der Waals surface area contributed by atoms with Crippen molar-refractivity contribution in [3.8, 4) is 0 Å². The van der Waals surface area contributed by atoms with E-state index in [9.17, 15) is 0 Å². The van der Waals surface area contributed by atoms with Gasteiger partial charge in [-0.15, -0.1) is 0 Å². The Kier molecular flexibility index (Phi) is 4.31. The lowest BCUT2D eigenvalue weighted by Crippen LogP contribution is -2.53. The molecule has 0 bridgehead atoms. The molecule has 0 amide bonds. The lowest BCUT2D eigenvalue weighted by molar-refractivity contribution is 0.156. The summed E-state index contributed by atoms with van der Waals surface area (Å²) >= 11 is 5.96. The summed E-state index contributed by atoms with van der Waals surface area (Å²) in [6.45, 7) is 6.77. The van der Waals surface area contributed by atoms with E-state index in [2.05, 4.69) is 30.9 Å². The highest BCUT2D eigenvalue weighted by Crippen LogP contribution is 2.31. The summed E-state index contributed by atoms with van der Waals surface area (Å²) in [4.78, 5) is 2.51. The predicted molar refractivity (Wildman–Crippen MR) is 77.9 cm³/mol. The Morgan fingerprint density at radius 3 is 2.33 bits per heavy atom. The van der Waals surface area contributed by atoms with Crippen molar-refractivity contribution in [1.82, 2.24) is 4.90 Å². The maximum Gasteiger partial charge on any atom is 0.0561 e. The first-order valence-electron chi connectivity index (χ1n) is 6.87. The number of nitrogens with two attached hydrogens (primary N) is 1. The molecular formula is C15H23ClN2. The van der Waals surface area contributed by atoms with Gasteiger partial charge >= 0.3 is 0 Å². The van der Waals surface area contributed by atoms with Crippen LogP contribution in [0.2, 0.25) is 5.02 Å². The molecule has 0 radical (unpaired) electrons. The smallest absolute Gasteiger partial charge is 0.0561 e. The molecule has 2 nitrogen and oxygen atoms in total. The largest absolute Gasteiger partial charge is 0.320 e. The molecule has 1 heterocycles. The van der Waals surface area contributed by atoms with Crippen LogP contribution in [0.25, 0.3) is 0 Å². The molecule has 1 aliphatic rings. The zero-order valence-corrected chi connectivity index (χ0v) is 12.1. The van der Waals surface area contributed by atoms with E-state index in [0.29, 0.717) is 6.04 Å². The molecule has 1 aromatic rings. The van der Waals surface area contributed by atoms with Crippen molar-refractivity contribution < 1.29 is 0 Å². The van der Waals surface area contributed by atoms with Gasteiger partial charge in [-0.05, 0) is 57.0 Å². The van der Waals surface area contributed by atoms with Gasteiger partial charge in [-0.25, -0.2) is 0 Å². The first-order valence-corrected chi connectivity index (χ1v) is 7.24. The Hall–Kier alpha value is -0.570. The highest BCUT2D eigenvalue weighted by atomic mass is 35.5. The van der Waals surface area contributed by atoms with Gasteiger partial charge in [0.15, 0.2) is 0 Å². The molecule has 0 saturated carbocycles. The van der Waals surface area contributed by atoms with Gasteiger partial charge in [-0.1, -0.05) is 30.7 Å². The molecule has 0 spiro atoms. The molecule has 100 valence electrons. The van der Waals surface area contributed by atoms with Crippen LogP contribution < -0.4 is 5.73 Å². The van der Waals surface area contributed by atoms with E-state index in [-0.39, 0.29) is 5.54 Å². The van der Waals surface area contributed by atoms with E-state index in [1.807, 2.05) is 12.1 Å². The Morgan fingerprint density at radius 1 is 1.28 bits per heavy atom.